The molecule has 1 aliphatic heterocycles. The van der Waals surface area contributed by atoms with E-state index in [1.807, 2.05) is 7.05 Å². The summed E-state index contributed by atoms with van der Waals surface area (Å²) in [5.74, 6) is -0.492. The second-order valence-electron chi connectivity index (χ2n) is 4.64. The van der Waals surface area contributed by atoms with Crippen LogP contribution in [0, 0.1) is 0 Å². The summed E-state index contributed by atoms with van der Waals surface area (Å²) in [5.41, 5.74) is 0.941. The zero-order valence-corrected chi connectivity index (χ0v) is 12.1. The monoisotopic (exact) mass is 292 g/mol. The topological polar surface area (TPSA) is 67.9 Å². The van der Waals surface area contributed by atoms with E-state index in [0.717, 1.165) is 6.54 Å². The number of benzene rings is 1. The lowest BCUT2D eigenvalue weighted by Gasteiger charge is -2.13. The molecule has 2 amide bonds. The van der Waals surface area contributed by atoms with Gasteiger partial charge in [0.25, 0.3) is 11.8 Å². The minimum absolute atomic E-state index is 0.246. The van der Waals surface area contributed by atoms with Crippen molar-refractivity contribution in [3.63, 3.8) is 0 Å². The van der Waals surface area contributed by atoms with E-state index in [-0.39, 0.29) is 18.4 Å². The van der Waals surface area contributed by atoms with Gasteiger partial charge in [0, 0.05) is 6.54 Å². The summed E-state index contributed by atoms with van der Waals surface area (Å²) < 4.78 is 10.7. The summed E-state index contributed by atoms with van der Waals surface area (Å²) in [6.45, 7) is 2.98. The van der Waals surface area contributed by atoms with Crippen LogP contribution in [0.1, 0.15) is 20.7 Å². The Hall–Kier alpha value is -1.76. The normalized spacial score (nSPS) is 13.9. The molecule has 1 aromatic carbocycles. The fraction of sp³-hybridized carbons (Fsp3) is 0.467. The Balaban J connectivity index is 1.69. The number of hydrogen-bond acceptors (Lipinski definition) is 5. The molecule has 0 saturated heterocycles. The van der Waals surface area contributed by atoms with Crippen molar-refractivity contribution in [2.24, 2.45) is 0 Å². The van der Waals surface area contributed by atoms with Crippen LogP contribution in [0.2, 0.25) is 0 Å². The molecule has 0 atom stereocenters. The van der Waals surface area contributed by atoms with Gasteiger partial charge in [0.2, 0.25) is 0 Å². The third-order valence-electron chi connectivity index (χ3n) is 3.21. The second-order valence-corrected chi connectivity index (χ2v) is 4.64. The first kappa shape index (κ1) is 15.6. The van der Waals surface area contributed by atoms with Gasteiger partial charge in [-0.05, 0) is 19.2 Å². The summed E-state index contributed by atoms with van der Waals surface area (Å²) in [7, 11) is 1.86. The Morgan fingerprint density at radius 3 is 2.10 bits per heavy atom. The van der Waals surface area contributed by atoms with Crippen LogP contribution >= 0.6 is 0 Å². The van der Waals surface area contributed by atoms with E-state index in [9.17, 15) is 9.59 Å². The van der Waals surface area contributed by atoms with Crippen molar-refractivity contribution in [2.75, 3.05) is 46.6 Å². The minimum atomic E-state index is -0.246. The number of carbonyl (C=O) groups excluding carboxylic acids is 2. The number of carbonyl (C=O) groups is 2. The highest BCUT2D eigenvalue weighted by Crippen LogP contribution is 2.21. The maximum atomic E-state index is 12.1. The molecule has 0 aliphatic carbocycles. The molecule has 6 heteroatoms. The van der Waals surface area contributed by atoms with Crippen LogP contribution in [-0.2, 0) is 9.47 Å². The number of likely N-dealkylation sites (N-methyl/N-ethyl adjacent to an activating group) is 1. The minimum Gasteiger partial charge on any atom is -0.378 e. The maximum Gasteiger partial charge on any atom is 0.261 e. The highest BCUT2D eigenvalue weighted by molar-refractivity contribution is 6.21. The number of hydrogen-bond donors (Lipinski definition) is 1. The van der Waals surface area contributed by atoms with Gasteiger partial charge in [0.05, 0.1) is 44.1 Å². The van der Waals surface area contributed by atoms with E-state index >= 15 is 0 Å². The van der Waals surface area contributed by atoms with Crippen molar-refractivity contribution >= 4 is 11.8 Å². The molecule has 0 bridgehead atoms. The van der Waals surface area contributed by atoms with Gasteiger partial charge in [-0.25, -0.2) is 0 Å². The fourth-order valence-corrected chi connectivity index (χ4v) is 2.09. The molecule has 0 radical (unpaired) electrons. The molecule has 0 unspecified atom stereocenters. The largest absolute Gasteiger partial charge is 0.378 e. The predicted octanol–water partition coefficient (Wildman–Crippen LogP) is 0.535. The molecule has 1 N–H and O–H groups in total. The Morgan fingerprint density at radius 2 is 1.52 bits per heavy atom. The van der Waals surface area contributed by atoms with E-state index in [1.165, 1.54) is 4.90 Å². The van der Waals surface area contributed by atoms with Gasteiger partial charge in [-0.2, -0.15) is 0 Å². The standard InChI is InChI=1S/C15H20N2O4/c1-16-6-8-20-10-11-21-9-7-17-14(18)12-4-2-3-5-13(12)15(17)19/h2-5,16H,6-11H2,1H3. The van der Waals surface area contributed by atoms with E-state index in [1.54, 1.807) is 24.3 Å². The highest BCUT2D eigenvalue weighted by Gasteiger charge is 2.34. The predicted molar refractivity (Wildman–Crippen MR) is 77.4 cm³/mol. The van der Waals surface area contributed by atoms with Crippen molar-refractivity contribution in [1.82, 2.24) is 10.2 Å². The Bertz CT molecular complexity index is 469. The lowest BCUT2D eigenvalue weighted by atomic mass is 10.1. The van der Waals surface area contributed by atoms with Crippen molar-refractivity contribution < 1.29 is 19.1 Å². The Kier molecular flexibility index (Phi) is 5.86. The zero-order valence-electron chi connectivity index (χ0n) is 12.1. The average Bonchev–Trinajstić information content (AvgIpc) is 2.75. The molecule has 21 heavy (non-hydrogen) atoms. The molecule has 1 aromatic rings. The van der Waals surface area contributed by atoms with Gasteiger partial charge in [-0.15, -0.1) is 0 Å². The molecule has 0 saturated carbocycles. The van der Waals surface area contributed by atoms with E-state index in [0.29, 0.717) is 37.6 Å². The molecule has 0 spiro atoms. The number of amides is 2. The van der Waals surface area contributed by atoms with Crippen LogP contribution in [-0.4, -0.2) is 63.3 Å². The van der Waals surface area contributed by atoms with E-state index < -0.39 is 0 Å². The number of fused-ring (bicyclic) bond motifs is 1. The first-order chi connectivity index (χ1) is 10.3. The zero-order chi connectivity index (χ0) is 15.1. The van der Waals surface area contributed by atoms with E-state index in [4.69, 9.17) is 9.47 Å². The lowest BCUT2D eigenvalue weighted by molar-refractivity contribution is 0.0364. The summed E-state index contributed by atoms with van der Waals surface area (Å²) >= 11 is 0. The van der Waals surface area contributed by atoms with Gasteiger partial charge >= 0.3 is 0 Å². The fourth-order valence-electron chi connectivity index (χ4n) is 2.09. The Morgan fingerprint density at radius 1 is 0.952 bits per heavy atom. The molecule has 114 valence electrons. The summed E-state index contributed by atoms with van der Waals surface area (Å²) in [6, 6.07) is 6.86. The summed E-state index contributed by atoms with van der Waals surface area (Å²) in [6.07, 6.45) is 0. The van der Waals surface area contributed by atoms with Crippen LogP contribution in [0.4, 0.5) is 0 Å². The Labute approximate surface area is 124 Å². The van der Waals surface area contributed by atoms with Gasteiger partial charge in [0.1, 0.15) is 0 Å². The average molecular weight is 292 g/mol. The van der Waals surface area contributed by atoms with Crippen LogP contribution in [0.3, 0.4) is 0 Å². The van der Waals surface area contributed by atoms with Crippen molar-refractivity contribution in [1.29, 1.82) is 0 Å². The van der Waals surface area contributed by atoms with Crippen LogP contribution in [0.15, 0.2) is 24.3 Å². The first-order valence-electron chi connectivity index (χ1n) is 7.01. The maximum absolute atomic E-state index is 12.1. The van der Waals surface area contributed by atoms with Gasteiger partial charge in [-0.1, -0.05) is 12.1 Å². The van der Waals surface area contributed by atoms with Crippen molar-refractivity contribution in [3.05, 3.63) is 35.4 Å². The van der Waals surface area contributed by atoms with Crippen molar-refractivity contribution in [3.8, 4) is 0 Å². The molecular weight excluding hydrogens is 272 g/mol. The lowest BCUT2D eigenvalue weighted by Crippen LogP contribution is -2.33. The molecule has 2 rings (SSSR count). The van der Waals surface area contributed by atoms with Gasteiger partial charge in [-0.3, -0.25) is 14.5 Å². The second kappa shape index (κ2) is 7.87. The van der Waals surface area contributed by atoms with Crippen LogP contribution in [0.5, 0.6) is 0 Å². The highest BCUT2D eigenvalue weighted by atomic mass is 16.5. The number of ether oxygens (including phenoxy) is 2. The SMILES string of the molecule is CNCCOCCOCCN1C(=O)c2ccccc2C1=O. The van der Waals surface area contributed by atoms with Crippen LogP contribution < -0.4 is 5.32 Å². The first-order valence-corrected chi connectivity index (χ1v) is 7.01. The molecule has 0 fully saturated rings. The smallest absolute Gasteiger partial charge is 0.261 e. The van der Waals surface area contributed by atoms with Gasteiger partial charge < -0.3 is 14.8 Å². The number of rotatable bonds is 9. The van der Waals surface area contributed by atoms with Crippen LogP contribution in [0.25, 0.3) is 0 Å². The quantitative estimate of drug-likeness (QED) is 0.531. The van der Waals surface area contributed by atoms with Crippen molar-refractivity contribution in [2.45, 2.75) is 0 Å². The third kappa shape index (κ3) is 3.87. The van der Waals surface area contributed by atoms with E-state index in [2.05, 4.69) is 5.32 Å². The summed E-state index contributed by atoms with van der Waals surface area (Å²) in [5, 5.41) is 2.98. The molecule has 6 nitrogen and oxygen atoms in total. The number of nitrogens with zero attached hydrogens (tertiary/aromatic N) is 1. The van der Waals surface area contributed by atoms with Gasteiger partial charge in [0.15, 0.2) is 0 Å². The molecular formula is C15H20N2O4. The third-order valence-corrected chi connectivity index (χ3v) is 3.21. The summed E-state index contributed by atoms with van der Waals surface area (Å²) in [4.78, 5) is 25.4. The molecule has 0 aromatic heterocycles. The number of nitrogens with one attached hydrogen (secondary N) is 1. The number of imide groups is 1. The molecule has 1 heterocycles. The molecule has 1 aliphatic rings.